The predicted octanol–water partition coefficient (Wildman–Crippen LogP) is 4.18. The Bertz CT molecular complexity index is 501. The molecule has 1 saturated heterocycles. The molecule has 0 aliphatic carbocycles. The molecule has 0 aromatic heterocycles. The summed E-state index contributed by atoms with van der Waals surface area (Å²) < 4.78 is 31.0. The van der Waals surface area contributed by atoms with E-state index >= 15 is 0 Å². The molecule has 0 saturated carbocycles. The minimum Gasteiger partial charge on any atom is -0.471 e. The van der Waals surface area contributed by atoms with Crippen LogP contribution >= 0.6 is 11.6 Å². The molecule has 1 unspecified atom stereocenters. The first-order chi connectivity index (χ1) is 10.2. The molecule has 3 nitrogen and oxygen atoms in total. The maximum Gasteiger partial charge on any atom is 0.183 e. The van der Waals surface area contributed by atoms with Gasteiger partial charge in [-0.25, -0.2) is 4.39 Å². The highest BCUT2D eigenvalue weighted by molar-refractivity contribution is 6.19. The molecule has 2 aliphatic heterocycles. The van der Waals surface area contributed by atoms with Gasteiger partial charge in [-0.3, -0.25) is 0 Å². The molecule has 0 spiro atoms. The van der Waals surface area contributed by atoms with Crippen LogP contribution in [0.1, 0.15) is 43.6 Å². The topological polar surface area (TPSA) is 27.7 Å². The lowest BCUT2D eigenvalue weighted by atomic mass is 10.0. The van der Waals surface area contributed by atoms with Crippen LogP contribution in [0.5, 0.6) is 5.75 Å². The Kier molecular flexibility index (Phi) is 4.67. The number of halogens is 2. The quantitative estimate of drug-likeness (QED) is 0.783. The number of fused-ring (bicyclic) bond motifs is 1. The number of hydrogen-bond acceptors (Lipinski definition) is 3. The van der Waals surface area contributed by atoms with E-state index in [1.807, 2.05) is 6.07 Å². The number of benzene rings is 1. The van der Waals surface area contributed by atoms with Crippen molar-refractivity contribution in [2.24, 2.45) is 5.92 Å². The first-order valence-electron chi connectivity index (χ1n) is 7.53. The Hall–Kier alpha value is -0.840. The highest BCUT2D eigenvalue weighted by Crippen LogP contribution is 2.36. The van der Waals surface area contributed by atoms with Crippen molar-refractivity contribution in [1.29, 1.82) is 0 Å². The van der Waals surface area contributed by atoms with E-state index < -0.39 is 17.7 Å². The van der Waals surface area contributed by atoms with E-state index in [1.165, 1.54) is 6.07 Å². The summed E-state index contributed by atoms with van der Waals surface area (Å²) in [5, 5.41) is 0. The van der Waals surface area contributed by atoms with Crippen LogP contribution in [0.15, 0.2) is 12.1 Å². The maximum absolute atomic E-state index is 14.2. The number of hydrogen-bond donors (Lipinski definition) is 0. The summed E-state index contributed by atoms with van der Waals surface area (Å²) in [6.07, 6.45) is 3.12. The van der Waals surface area contributed by atoms with E-state index in [2.05, 4.69) is 6.92 Å². The van der Waals surface area contributed by atoms with Crippen LogP contribution in [-0.4, -0.2) is 18.8 Å². The molecule has 1 atom stereocenters. The molecule has 0 N–H and O–H groups in total. The zero-order chi connectivity index (χ0) is 14.8. The molecule has 2 aliphatic rings. The van der Waals surface area contributed by atoms with Crippen molar-refractivity contribution in [3.05, 3.63) is 29.1 Å². The largest absolute Gasteiger partial charge is 0.471 e. The predicted molar refractivity (Wildman–Crippen MR) is 78.0 cm³/mol. The van der Waals surface area contributed by atoms with Crippen molar-refractivity contribution in [2.75, 3.05) is 13.2 Å². The van der Waals surface area contributed by atoms with Gasteiger partial charge in [0.1, 0.15) is 0 Å². The zero-order valence-corrected chi connectivity index (χ0v) is 12.9. The fourth-order valence-corrected chi connectivity index (χ4v) is 3.09. The summed E-state index contributed by atoms with van der Waals surface area (Å²) in [6.45, 7) is 3.48. The zero-order valence-electron chi connectivity index (χ0n) is 12.1. The summed E-state index contributed by atoms with van der Waals surface area (Å²) >= 11 is 5.91. The van der Waals surface area contributed by atoms with E-state index in [1.54, 1.807) is 0 Å². The molecular weight excluding hydrogens is 295 g/mol. The number of alkyl halides is 1. The SMILES string of the molecule is CCCC1COC(c2cc(F)c3c(c2)CCC(Cl)O3)OC1. The Morgan fingerprint density at radius 1 is 1.29 bits per heavy atom. The number of aryl methyl sites for hydroxylation is 1. The summed E-state index contributed by atoms with van der Waals surface area (Å²) in [5.74, 6) is 0.314. The number of rotatable bonds is 3. The Balaban J connectivity index is 1.74. The maximum atomic E-state index is 14.2. The fraction of sp³-hybridized carbons (Fsp3) is 0.625. The molecule has 1 aromatic rings. The van der Waals surface area contributed by atoms with Crippen molar-refractivity contribution in [2.45, 2.75) is 44.5 Å². The summed E-state index contributed by atoms with van der Waals surface area (Å²) in [6, 6.07) is 3.34. The Labute approximate surface area is 129 Å². The van der Waals surface area contributed by atoms with Crippen LogP contribution in [0.2, 0.25) is 0 Å². The van der Waals surface area contributed by atoms with Crippen LogP contribution in [0.25, 0.3) is 0 Å². The van der Waals surface area contributed by atoms with Crippen LogP contribution in [0, 0.1) is 11.7 Å². The van der Waals surface area contributed by atoms with Crippen LogP contribution in [-0.2, 0) is 15.9 Å². The van der Waals surface area contributed by atoms with E-state index in [-0.39, 0.29) is 5.75 Å². The first kappa shape index (κ1) is 15.1. The van der Waals surface area contributed by atoms with Crippen LogP contribution < -0.4 is 4.74 Å². The van der Waals surface area contributed by atoms with Gasteiger partial charge in [0.15, 0.2) is 23.4 Å². The fourth-order valence-electron chi connectivity index (χ4n) is 2.89. The molecular formula is C16H20ClFO3. The molecule has 0 radical (unpaired) electrons. The van der Waals surface area contributed by atoms with Crippen LogP contribution in [0.3, 0.4) is 0 Å². The highest BCUT2D eigenvalue weighted by atomic mass is 35.5. The van der Waals surface area contributed by atoms with Gasteiger partial charge in [-0.1, -0.05) is 24.9 Å². The first-order valence-corrected chi connectivity index (χ1v) is 7.97. The average Bonchev–Trinajstić information content (AvgIpc) is 2.49. The molecule has 0 amide bonds. The molecule has 5 heteroatoms. The van der Waals surface area contributed by atoms with Crippen molar-refractivity contribution in [3.8, 4) is 5.75 Å². The van der Waals surface area contributed by atoms with Gasteiger partial charge in [-0.15, -0.1) is 0 Å². The van der Waals surface area contributed by atoms with Gasteiger partial charge in [-0.05, 0) is 30.5 Å². The third kappa shape index (κ3) is 3.33. The van der Waals surface area contributed by atoms with E-state index in [4.69, 9.17) is 25.8 Å². The van der Waals surface area contributed by atoms with Crippen molar-refractivity contribution in [1.82, 2.24) is 0 Å². The molecule has 0 bridgehead atoms. The minimum atomic E-state index is -0.480. The van der Waals surface area contributed by atoms with Gasteiger partial charge < -0.3 is 14.2 Å². The van der Waals surface area contributed by atoms with Gasteiger partial charge >= 0.3 is 0 Å². The molecule has 2 heterocycles. The average molecular weight is 315 g/mol. The van der Waals surface area contributed by atoms with Crippen molar-refractivity contribution in [3.63, 3.8) is 0 Å². The van der Waals surface area contributed by atoms with E-state index in [0.717, 1.165) is 24.0 Å². The number of ether oxygens (including phenoxy) is 3. The van der Waals surface area contributed by atoms with Gasteiger partial charge in [0, 0.05) is 17.9 Å². The summed E-state index contributed by atoms with van der Waals surface area (Å²) in [5.41, 5.74) is 1.11. The van der Waals surface area contributed by atoms with Gasteiger partial charge in [0.2, 0.25) is 0 Å². The van der Waals surface area contributed by atoms with Crippen molar-refractivity contribution >= 4 is 11.6 Å². The second-order valence-electron chi connectivity index (χ2n) is 5.71. The molecule has 116 valence electrons. The second kappa shape index (κ2) is 6.51. The molecule has 21 heavy (non-hydrogen) atoms. The lowest BCUT2D eigenvalue weighted by Crippen LogP contribution is -2.27. The standard InChI is InChI=1S/C16H20ClFO3/c1-2-3-10-8-19-16(20-9-10)12-6-11-4-5-14(17)21-15(11)13(18)7-12/h6-7,10,14,16H,2-5,8-9H2,1H3. The highest BCUT2D eigenvalue weighted by Gasteiger charge is 2.27. The van der Waals surface area contributed by atoms with E-state index in [0.29, 0.717) is 32.0 Å². The third-order valence-electron chi connectivity index (χ3n) is 3.96. The van der Waals surface area contributed by atoms with Crippen molar-refractivity contribution < 1.29 is 18.6 Å². The van der Waals surface area contributed by atoms with E-state index in [9.17, 15) is 4.39 Å². The monoisotopic (exact) mass is 314 g/mol. The Morgan fingerprint density at radius 2 is 2.05 bits per heavy atom. The Morgan fingerprint density at radius 3 is 2.76 bits per heavy atom. The smallest absolute Gasteiger partial charge is 0.183 e. The van der Waals surface area contributed by atoms with Gasteiger partial charge in [-0.2, -0.15) is 0 Å². The molecule has 1 aromatic carbocycles. The van der Waals surface area contributed by atoms with Gasteiger partial charge in [0.25, 0.3) is 0 Å². The summed E-state index contributed by atoms with van der Waals surface area (Å²) in [7, 11) is 0. The third-order valence-corrected chi connectivity index (χ3v) is 4.27. The molecule has 1 fully saturated rings. The summed E-state index contributed by atoms with van der Waals surface area (Å²) in [4.78, 5) is 0. The normalized spacial score (nSPS) is 28.8. The lowest BCUT2D eigenvalue weighted by Gasteiger charge is -2.30. The molecule has 3 rings (SSSR count). The lowest BCUT2D eigenvalue weighted by molar-refractivity contribution is -0.206. The van der Waals surface area contributed by atoms with Gasteiger partial charge in [0.05, 0.1) is 13.2 Å². The second-order valence-corrected chi connectivity index (χ2v) is 6.20. The van der Waals surface area contributed by atoms with Crippen LogP contribution in [0.4, 0.5) is 4.39 Å². The minimum absolute atomic E-state index is 0.268.